The Morgan fingerprint density at radius 1 is 1.06 bits per heavy atom. The van der Waals surface area contributed by atoms with E-state index >= 15 is 0 Å². The average molecular weight is 486 g/mol. The molecule has 0 bridgehead atoms. The van der Waals surface area contributed by atoms with E-state index in [1.807, 2.05) is 67.6 Å². The van der Waals surface area contributed by atoms with Crippen LogP contribution in [-0.4, -0.2) is 93.2 Å². The topological polar surface area (TPSA) is 87.2 Å². The molecule has 0 unspecified atom stereocenters. The van der Waals surface area contributed by atoms with E-state index in [-0.39, 0.29) is 6.03 Å². The smallest absolute Gasteiger partial charge is 0.319 e. The van der Waals surface area contributed by atoms with Crippen molar-refractivity contribution in [3.8, 4) is 22.3 Å². The number of urea groups is 1. The summed E-state index contributed by atoms with van der Waals surface area (Å²) in [5.74, 6) is 0.915. The monoisotopic (exact) mass is 485 g/mol. The van der Waals surface area contributed by atoms with Gasteiger partial charge < -0.3 is 14.7 Å². The lowest BCUT2D eigenvalue weighted by Crippen LogP contribution is -2.52. The number of aromatic nitrogens is 5. The second-order valence-corrected chi connectivity index (χ2v) is 9.00. The van der Waals surface area contributed by atoms with Crippen molar-refractivity contribution in [3.63, 3.8) is 0 Å². The Bertz CT molecular complexity index is 1390. The van der Waals surface area contributed by atoms with Crippen LogP contribution < -0.4 is 4.90 Å². The predicted molar refractivity (Wildman–Crippen MR) is 142 cm³/mol. The maximum Gasteiger partial charge on any atom is 0.319 e. The van der Waals surface area contributed by atoms with Gasteiger partial charge in [-0.2, -0.15) is 10.2 Å². The molecule has 5 heterocycles. The summed E-state index contributed by atoms with van der Waals surface area (Å²) in [6, 6.07) is 6.41. The van der Waals surface area contributed by atoms with Crippen LogP contribution >= 0.6 is 0 Å². The Hall–Kier alpha value is -4.21. The first kappa shape index (κ1) is 23.5. The summed E-state index contributed by atoms with van der Waals surface area (Å²) in [6.07, 6.45) is 11.4. The van der Waals surface area contributed by atoms with Gasteiger partial charge in [0.25, 0.3) is 0 Å². The number of hydrogen-bond donors (Lipinski definition) is 0. The zero-order chi connectivity index (χ0) is 25.2. The van der Waals surface area contributed by atoms with Crippen molar-refractivity contribution in [2.24, 2.45) is 12.0 Å². The molecule has 0 spiro atoms. The zero-order valence-electron chi connectivity index (χ0n) is 21.2. The third kappa shape index (κ3) is 4.41. The van der Waals surface area contributed by atoms with Crippen molar-refractivity contribution < 1.29 is 4.79 Å². The van der Waals surface area contributed by atoms with Crippen LogP contribution in [-0.2, 0) is 7.05 Å². The van der Waals surface area contributed by atoms with Gasteiger partial charge in [-0.05, 0) is 25.1 Å². The van der Waals surface area contributed by atoms with Crippen LogP contribution in [0.3, 0.4) is 0 Å². The molecule has 0 N–H and O–H groups in total. The van der Waals surface area contributed by atoms with Crippen molar-refractivity contribution in [3.05, 3.63) is 54.7 Å². The number of carbonyl (C=O) groups is 1. The molecule has 0 aliphatic carbocycles. The Labute approximate surface area is 210 Å². The van der Waals surface area contributed by atoms with Gasteiger partial charge in [-0.1, -0.05) is 0 Å². The van der Waals surface area contributed by atoms with Gasteiger partial charge in [0.2, 0.25) is 0 Å². The molecular weight excluding hydrogens is 454 g/mol. The second-order valence-electron chi connectivity index (χ2n) is 9.00. The number of piperazine rings is 1. The minimum atomic E-state index is 0.0882. The second kappa shape index (κ2) is 9.80. The number of rotatable bonds is 5. The van der Waals surface area contributed by atoms with Crippen LogP contribution in [0.5, 0.6) is 0 Å². The van der Waals surface area contributed by atoms with Crippen LogP contribution in [0.1, 0.15) is 12.5 Å². The fourth-order valence-corrected chi connectivity index (χ4v) is 4.56. The Morgan fingerprint density at radius 2 is 1.86 bits per heavy atom. The van der Waals surface area contributed by atoms with E-state index in [9.17, 15) is 4.79 Å². The SMILES string of the molecule is CCN(C)C(=O)N1CCN(c2ccc(-c3cc(-c4cnn(C)c4)cn4ncc(/C=N\C)c34)cn2)CC1. The van der Waals surface area contributed by atoms with E-state index in [2.05, 4.69) is 38.3 Å². The van der Waals surface area contributed by atoms with Gasteiger partial charge in [0, 0.05) is 106 Å². The van der Waals surface area contributed by atoms with Crippen molar-refractivity contribution >= 4 is 23.6 Å². The lowest BCUT2D eigenvalue weighted by Gasteiger charge is -2.37. The fraction of sp³-hybridized carbons (Fsp3) is 0.346. The van der Waals surface area contributed by atoms with Gasteiger partial charge in [-0.25, -0.2) is 14.3 Å². The van der Waals surface area contributed by atoms with Gasteiger partial charge in [0.1, 0.15) is 5.82 Å². The molecule has 0 radical (unpaired) electrons. The Morgan fingerprint density at radius 3 is 2.50 bits per heavy atom. The number of pyridine rings is 2. The van der Waals surface area contributed by atoms with Gasteiger partial charge in [0.05, 0.1) is 17.9 Å². The van der Waals surface area contributed by atoms with Crippen LogP contribution in [0.25, 0.3) is 27.8 Å². The molecule has 1 aliphatic heterocycles. The van der Waals surface area contributed by atoms with Crippen LogP contribution in [0.2, 0.25) is 0 Å². The van der Waals surface area contributed by atoms with Crippen LogP contribution in [0, 0.1) is 0 Å². The summed E-state index contributed by atoms with van der Waals surface area (Å²) in [5, 5.41) is 8.91. The van der Waals surface area contributed by atoms with E-state index in [1.165, 1.54) is 0 Å². The summed E-state index contributed by atoms with van der Waals surface area (Å²) in [7, 11) is 5.51. The first-order chi connectivity index (χ1) is 17.5. The Kier molecular flexibility index (Phi) is 6.41. The van der Waals surface area contributed by atoms with E-state index in [0.717, 1.165) is 52.2 Å². The highest BCUT2D eigenvalue weighted by molar-refractivity contribution is 5.97. The van der Waals surface area contributed by atoms with E-state index in [1.54, 1.807) is 16.6 Å². The highest BCUT2D eigenvalue weighted by atomic mass is 16.2. The largest absolute Gasteiger partial charge is 0.353 e. The minimum Gasteiger partial charge on any atom is -0.353 e. The number of amides is 2. The van der Waals surface area contributed by atoms with E-state index in [0.29, 0.717) is 19.6 Å². The molecule has 4 aromatic heterocycles. The number of carbonyl (C=O) groups excluding carboxylic acids is 1. The van der Waals surface area contributed by atoms with Crippen LogP contribution in [0.4, 0.5) is 10.6 Å². The number of nitrogens with zero attached hydrogens (tertiary/aromatic N) is 9. The van der Waals surface area contributed by atoms with Gasteiger partial charge >= 0.3 is 6.03 Å². The molecular formula is C26H31N9O. The number of fused-ring (bicyclic) bond motifs is 1. The molecule has 1 saturated heterocycles. The van der Waals surface area contributed by atoms with Crippen molar-refractivity contribution in [2.75, 3.05) is 51.7 Å². The number of aliphatic imine (C=N–C) groups is 1. The molecule has 0 atom stereocenters. The predicted octanol–water partition coefficient (Wildman–Crippen LogP) is 3.04. The normalized spacial score (nSPS) is 14.2. The van der Waals surface area contributed by atoms with Crippen molar-refractivity contribution in [2.45, 2.75) is 6.92 Å². The van der Waals surface area contributed by atoms with Crippen molar-refractivity contribution in [1.82, 2.24) is 34.2 Å². The zero-order valence-corrected chi connectivity index (χ0v) is 21.2. The summed E-state index contributed by atoms with van der Waals surface area (Å²) in [5.41, 5.74) is 6.00. The maximum absolute atomic E-state index is 12.5. The minimum absolute atomic E-state index is 0.0882. The fourth-order valence-electron chi connectivity index (χ4n) is 4.56. The average Bonchev–Trinajstić information content (AvgIpc) is 3.54. The van der Waals surface area contributed by atoms with Gasteiger partial charge in [-0.3, -0.25) is 9.67 Å². The maximum atomic E-state index is 12.5. The van der Waals surface area contributed by atoms with Gasteiger partial charge in [0.15, 0.2) is 0 Å². The number of hydrogen-bond acceptors (Lipinski definition) is 6. The van der Waals surface area contributed by atoms with Crippen LogP contribution in [0.15, 0.2) is 54.2 Å². The number of anilines is 1. The van der Waals surface area contributed by atoms with Crippen molar-refractivity contribution in [1.29, 1.82) is 0 Å². The first-order valence-electron chi connectivity index (χ1n) is 12.1. The molecule has 186 valence electrons. The molecule has 4 aromatic rings. The quantitative estimate of drug-likeness (QED) is 0.406. The molecule has 0 saturated carbocycles. The summed E-state index contributed by atoms with van der Waals surface area (Å²) in [4.78, 5) is 27.4. The summed E-state index contributed by atoms with van der Waals surface area (Å²) < 4.78 is 3.69. The van der Waals surface area contributed by atoms with E-state index in [4.69, 9.17) is 4.98 Å². The molecule has 36 heavy (non-hydrogen) atoms. The molecule has 1 fully saturated rings. The Balaban J connectivity index is 1.44. The third-order valence-electron chi connectivity index (χ3n) is 6.68. The molecule has 5 rings (SSSR count). The molecule has 2 amide bonds. The highest BCUT2D eigenvalue weighted by Gasteiger charge is 2.24. The standard InChI is InChI=1S/C26H31N9O/c1-5-31(3)26(36)34-10-8-33(9-11-34)24-7-6-19(14-28-24)23-12-20(22-16-29-32(4)17-22)18-35-25(23)21(13-27-2)15-30-35/h6-7,12-18H,5,8-11H2,1-4H3/b27-13-. The lowest BCUT2D eigenvalue weighted by atomic mass is 10.0. The molecule has 10 heteroatoms. The lowest BCUT2D eigenvalue weighted by molar-refractivity contribution is 0.161. The highest BCUT2D eigenvalue weighted by Crippen LogP contribution is 2.32. The first-order valence-corrected chi connectivity index (χ1v) is 12.1. The molecule has 0 aromatic carbocycles. The summed E-state index contributed by atoms with van der Waals surface area (Å²) in [6.45, 7) is 5.60. The molecule has 10 nitrogen and oxygen atoms in total. The van der Waals surface area contributed by atoms with E-state index < -0.39 is 0 Å². The molecule has 1 aliphatic rings. The summed E-state index contributed by atoms with van der Waals surface area (Å²) >= 11 is 0. The third-order valence-corrected chi connectivity index (χ3v) is 6.68. The number of aryl methyl sites for hydroxylation is 1. The van der Waals surface area contributed by atoms with Gasteiger partial charge in [-0.15, -0.1) is 0 Å².